The van der Waals surface area contributed by atoms with E-state index in [1.165, 1.54) is 9.36 Å². The molecule has 2 aromatic heterocycles. The molecule has 0 aliphatic rings. The molecule has 0 aliphatic carbocycles. The number of aryl methyl sites for hydroxylation is 6. The van der Waals surface area contributed by atoms with E-state index in [1.54, 1.807) is 14.1 Å². The first-order chi connectivity index (χ1) is 16.0. The van der Waals surface area contributed by atoms with E-state index < -0.39 is 0 Å². The van der Waals surface area contributed by atoms with Gasteiger partial charge in [-0.25, -0.2) is 0 Å². The number of H-pyrrole nitrogens is 2. The third-order valence-corrected chi connectivity index (χ3v) is 5.42. The molecule has 4 rings (SSSR count). The van der Waals surface area contributed by atoms with Crippen LogP contribution in [0, 0.1) is 27.7 Å². The molecule has 0 unspecified atom stereocenters. The predicted molar refractivity (Wildman–Crippen MR) is 133 cm³/mol. The van der Waals surface area contributed by atoms with Crippen molar-refractivity contribution < 1.29 is 9.59 Å². The van der Waals surface area contributed by atoms with Gasteiger partial charge in [0.2, 0.25) is 0 Å². The van der Waals surface area contributed by atoms with Crippen LogP contribution >= 0.6 is 0 Å². The smallest absolute Gasteiger partial charge is 0.277 e. The second-order valence-electron chi connectivity index (χ2n) is 8.52. The van der Waals surface area contributed by atoms with Crippen LogP contribution in [0.25, 0.3) is 22.5 Å². The maximum atomic E-state index is 11.7. The van der Waals surface area contributed by atoms with Crippen molar-refractivity contribution in [3.8, 4) is 22.5 Å². The molecular formula is C26H28N4O4. The van der Waals surface area contributed by atoms with Crippen LogP contribution in [0.4, 0.5) is 0 Å². The van der Waals surface area contributed by atoms with Crippen LogP contribution in [-0.4, -0.2) is 32.1 Å². The van der Waals surface area contributed by atoms with Crippen molar-refractivity contribution >= 4 is 12.6 Å². The van der Waals surface area contributed by atoms with Gasteiger partial charge in [0.05, 0.1) is 11.4 Å². The molecule has 34 heavy (non-hydrogen) atoms. The average Bonchev–Trinajstić information content (AvgIpc) is 3.22. The third-order valence-electron chi connectivity index (χ3n) is 5.42. The highest BCUT2D eigenvalue weighted by molar-refractivity contribution is 5.86. The lowest BCUT2D eigenvalue weighted by Crippen LogP contribution is -2.14. The number of nitrogens with one attached hydrogen (secondary N) is 2. The summed E-state index contributed by atoms with van der Waals surface area (Å²) in [5.41, 5.74) is 7.05. The zero-order valence-electron chi connectivity index (χ0n) is 20.1. The van der Waals surface area contributed by atoms with Crippen LogP contribution in [0.5, 0.6) is 0 Å². The molecule has 0 spiro atoms. The van der Waals surface area contributed by atoms with Crippen LogP contribution in [0.15, 0.2) is 46.0 Å². The van der Waals surface area contributed by atoms with Gasteiger partial charge in [-0.3, -0.25) is 38.7 Å². The number of aromatic nitrogens is 4. The molecular weight excluding hydrogens is 432 g/mol. The summed E-state index contributed by atoms with van der Waals surface area (Å²) in [7, 11) is 3.20. The van der Waals surface area contributed by atoms with Gasteiger partial charge in [0.1, 0.15) is 11.1 Å². The van der Waals surface area contributed by atoms with E-state index in [0.717, 1.165) is 33.4 Å². The number of carbonyl (C=O) groups excluding carboxylic acids is 2. The van der Waals surface area contributed by atoms with Crippen LogP contribution < -0.4 is 11.1 Å². The molecule has 0 bridgehead atoms. The van der Waals surface area contributed by atoms with Gasteiger partial charge in [0.15, 0.2) is 12.6 Å². The van der Waals surface area contributed by atoms with Crippen molar-refractivity contribution in [2.24, 2.45) is 14.1 Å². The van der Waals surface area contributed by atoms with Gasteiger partial charge in [-0.05, 0) is 52.0 Å². The van der Waals surface area contributed by atoms with Crippen molar-refractivity contribution in [2.45, 2.75) is 27.7 Å². The Morgan fingerprint density at radius 3 is 1.15 bits per heavy atom. The van der Waals surface area contributed by atoms with Crippen molar-refractivity contribution in [3.63, 3.8) is 0 Å². The standard InChI is InChI=1S/2C13H14N2O2/c2*1-8-4-9(2)6-10(5-8)12-11(7-16)13(17)15(3)14-12/h2*4-7,14H,1-3H3. The Balaban J connectivity index is 0.000000191. The quantitative estimate of drug-likeness (QED) is 0.453. The van der Waals surface area contributed by atoms with E-state index in [0.29, 0.717) is 24.0 Å². The summed E-state index contributed by atoms with van der Waals surface area (Å²) in [5.74, 6) is 0. The number of benzene rings is 2. The predicted octanol–water partition coefficient (Wildman–Crippen LogP) is 3.62. The van der Waals surface area contributed by atoms with Crippen LogP contribution in [-0.2, 0) is 14.1 Å². The first-order valence-corrected chi connectivity index (χ1v) is 10.7. The lowest BCUT2D eigenvalue weighted by Gasteiger charge is -2.03. The largest absolute Gasteiger partial charge is 0.298 e. The zero-order valence-corrected chi connectivity index (χ0v) is 20.1. The van der Waals surface area contributed by atoms with Crippen LogP contribution in [0.2, 0.25) is 0 Å². The summed E-state index contributed by atoms with van der Waals surface area (Å²) in [5, 5.41) is 5.82. The summed E-state index contributed by atoms with van der Waals surface area (Å²) in [6, 6.07) is 11.9. The molecule has 0 saturated carbocycles. The number of hydrogen-bond donors (Lipinski definition) is 2. The van der Waals surface area contributed by atoms with E-state index in [-0.39, 0.29) is 22.2 Å². The van der Waals surface area contributed by atoms with Crippen LogP contribution in [0.1, 0.15) is 43.0 Å². The molecule has 2 N–H and O–H groups in total. The number of aromatic amines is 2. The number of rotatable bonds is 4. The summed E-state index contributed by atoms with van der Waals surface area (Å²) >= 11 is 0. The van der Waals surface area contributed by atoms with E-state index in [9.17, 15) is 19.2 Å². The Kier molecular flexibility index (Phi) is 7.00. The summed E-state index contributed by atoms with van der Waals surface area (Å²) in [6.45, 7) is 7.94. The summed E-state index contributed by atoms with van der Waals surface area (Å²) in [6.07, 6.45) is 1.21. The van der Waals surface area contributed by atoms with E-state index in [2.05, 4.69) is 10.2 Å². The fourth-order valence-corrected chi connectivity index (χ4v) is 4.03. The average molecular weight is 461 g/mol. The molecule has 0 aliphatic heterocycles. The van der Waals surface area contributed by atoms with E-state index in [1.807, 2.05) is 64.1 Å². The minimum atomic E-state index is -0.297. The summed E-state index contributed by atoms with van der Waals surface area (Å²) < 4.78 is 2.63. The van der Waals surface area contributed by atoms with E-state index >= 15 is 0 Å². The second kappa shape index (κ2) is 9.74. The highest BCUT2D eigenvalue weighted by Crippen LogP contribution is 2.22. The number of carbonyl (C=O) groups is 2. The molecule has 176 valence electrons. The van der Waals surface area contributed by atoms with E-state index in [4.69, 9.17) is 0 Å². The van der Waals surface area contributed by atoms with Gasteiger partial charge in [-0.2, -0.15) is 0 Å². The number of aldehydes is 2. The topological polar surface area (TPSA) is 110 Å². The molecule has 0 radical (unpaired) electrons. The maximum absolute atomic E-state index is 11.7. The third kappa shape index (κ3) is 4.91. The molecule has 0 saturated heterocycles. The highest BCUT2D eigenvalue weighted by atomic mass is 16.2. The number of hydrogen-bond acceptors (Lipinski definition) is 4. The molecule has 0 atom stereocenters. The molecule has 4 aromatic rings. The highest BCUT2D eigenvalue weighted by Gasteiger charge is 2.14. The van der Waals surface area contributed by atoms with Crippen molar-refractivity contribution in [1.82, 2.24) is 19.6 Å². The maximum Gasteiger partial charge on any atom is 0.277 e. The lowest BCUT2D eigenvalue weighted by molar-refractivity contribution is 0.111. The minimum absolute atomic E-state index is 0.178. The number of nitrogens with zero attached hydrogens (tertiary/aromatic N) is 2. The van der Waals surface area contributed by atoms with Gasteiger partial charge in [-0.15, -0.1) is 0 Å². The van der Waals surface area contributed by atoms with Gasteiger partial charge < -0.3 is 0 Å². The van der Waals surface area contributed by atoms with Crippen molar-refractivity contribution in [3.05, 3.63) is 90.5 Å². The minimum Gasteiger partial charge on any atom is -0.298 e. The van der Waals surface area contributed by atoms with Gasteiger partial charge >= 0.3 is 0 Å². The zero-order chi connectivity index (χ0) is 25.2. The van der Waals surface area contributed by atoms with Gasteiger partial charge in [0, 0.05) is 25.2 Å². The lowest BCUT2D eigenvalue weighted by atomic mass is 10.0. The fraction of sp³-hybridized carbons (Fsp3) is 0.231. The monoisotopic (exact) mass is 460 g/mol. The SMILES string of the molecule is Cc1cc(C)cc(-c2[nH]n(C)c(=O)c2C=O)c1.Cc1cc(C)cc(-c2[nH]n(C)c(=O)c2C=O)c1. The first-order valence-electron chi connectivity index (χ1n) is 10.7. The Morgan fingerprint density at radius 2 is 0.882 bits per heavy atom. The molecule has 0 amide bonds. The molecule has 2 heterocycles. The van der Waals surface area contributed by atoms with Gasteiger partial charge in [-0.1, -0.05) is 34.4 Å². The Bertz CT molecular complexity index is 1340. The van der Waals surface area contributed by atoms with Crippen LogP contribution in [0.3, 0.4) is 0 Å². The second-order valence-corrected chi connectivity index (χ2v) is 8.52. The first kappa shape index (κ1) is 24.4. The molecule has 2 aromatic carbocycles. The molecule has 0 fully saturated rings. The Morgan fingerprint density at radius 1 is 0.588 bits per heavy atom. The molecule has 8 nitrogen and oxygen atoms in total. The Hall–Kier alpha value is -4.20. The van der Waals surface area contributed by atoms with Gasteiger partial charge in [0.25, 0.3) is 11.1 Å². The Labute approximate surface area is 196 Å². The fourth-order valence-electron chi connectivity index (χ4n) is 4.03. The molecule has 8 heteroatoms. The summed E-state index contributed by atoms with van der Waals surface area (Å²) in [4.78, 5) is 45.3. The van der Waals surface area contributed by atoms with Crippen molar-refractivity contribution in [2.75, 3.05) is 0 Å². The normalized spacial score (nSPS) is 10.5. The van der Waals surface area contributed by atoms with Crippen molar-refractivity contribution in [1.29, 1.82) is 0 Å².